The van der Waals surface area contributed by atoms with Gasteiger partial charge in [-0.05, 0) is 45.4 Å². The van der Waals surface area contributed by atoms with Gasteiger partial charge in [0.05, 0.1) is 0 Å². The quantitative estimate of drug-likeness (QED) is 0.881. The van der Waals surface area contributed by atoms with E-state index in [1.54, 1.807) is 26.8 Å². The highest BCUT2D eigenvalue weighted by atomic mass is 16.4. The van der Waals surface area contributed by atoms with Crippen molar-refractivity contribution in [2.45, 2.75) is 33.2 Å². The molecule has 1 aromatic carbocycles. The largest absolute Gasteiger partial charge is 0.480 e. The van der Waals surface area contributed by atoms with Crippen LogP contribution >= 0.6 is 0 Å². The van der Waals surface area contributed by atoms with Crippen LogP contribution in [0.4, 0.5) is 10.5 Å². The van der Waals surface area contributed by atoms with Gasteiger partial charge in [0.2, 0.25) is 0 Å². The van der Waals surface area contributed by atoms with Crippen LogP contribution in [0.25, 0.3) is 0 Å². The van der Waals surface area contributed by atoms with E-state index in [1.807, 2.05) is 25.1 Å². The number of rotatable bonds is 3. The van der Waals surface area contributed by atoms with Gasteiger partial charge < -0.3 is 15.3 Å². The maximum atomic E-state index is 12.2. The van der Waals surface area contributed by atoms with Gasteiger partial charge in [-0.1, -0.05) is 12.1 Å². The number of aryl methyl sites for hydroxylation is 1. The summed E-state index contributed by atoms with van der Waals surface area (Å²) in [6.45, 7) is 6.98. The number of urea groups is 1. The Bertz CT molecular complexity index is 478. The summed E-state index contributed by atoms with van der Waals surface area (Å²) >= 11 is 0. The van der Waals surface area contributed by atoms with Crippen LogP contribution in [0.15, 0.2) is 24.3 Å². The molecule has 0 spiro atoms. The summed E-state index contributed by atoms with van der Waals surface area (Å²) in [5.74, 6) is -1.03. The van der Waals surface area contributed by atoms with Crippen molar-refractivity contribution in [2.24, 2.45) is 0 Å². The summed E-state index contributed by atoms with van der Waals surface area (Å²) in [4.78, 5) is 24.3. The van der Waals surface area contributed by atoms with Gasteiger partial charge in [-0.25, -0.2) is 4.79 Å². The second-order valence-electron chi connectivity index (χ2n) is 5.45. The molecule has 19 heavy (non-hydrogen) atoms. The van der Waals surface area contributed by atoms with Crippen molar-refractivity contribution in [1.29, 1.82) is 0 Å². The molecule has 0 aromatic heterocycles. The molecule has 104 valence electrons. The topological polar surface area (TPSA) is 69.6 Å². The monoisotopic (exact) mass is 264 g/mol. The molecule has 2 amide bonds. The molecule has 0 aliphatic rings. The molecule has 0 aliphatic heterocycles. The summed E-state index contributed by atoms with van der Waals surface area (Å²) in [5, 5.41) is 11.6. The van der Waals surface area contributed by atoms with Gasteiger partial charge in [-0.2, -0.15) is 0 Å². The molecular weight excluding hydrogens is 244 g/mol. The highest BCUT2D eigenvalue weighted by molar-refractivity contribution is 5.91. The summed E-state index contributed by atoms with van der Waals surface area (Å²) in [6, 6.07) is 6.95. The molecule has 5 heteroatoms. The number of benzene rings is 1. The average Bonchev–Trinajstić information content (AvgIpc) is 2.24. The predicted molar refractivity (Wildman–Crippen MR) is 74.3 cm³/mol. The summed E-state index contributed by atoms with van der Waals surface area (Å²) in [5.41, 5.74) is 1.12. The Morgan fingerprint density at radius 2 is 1.95 bits per heavy atom. The zero-order chi connectivity index (χ0) is 14.6. The van der Waals surface area contributed by atoms with Gasteiger partial charge in [0.15, 0.2) is 0 Å². The first-order valence-corrected chi connectivity index (χ1v) is 6.07. The molecule has 0 saturated carbocycles. The van der Waals surface area contributed by atoms with Crippen molar-refractivity contribution >= 4 is 17.7 Å². The number of hydrogen-bond donors (Lipinski definition) is 2. The summed E-state index contributed by atoms with van der Waals surface area (Å²) < 4.78 is 0. The third kappa shape index (κ3) is 4.62. The lowest BCUT2D eigenvalue weighted by atomic mass is 10.1. The van der Waals surface area contributed by atoms with Crippen LogP contribution in [0.3, 0.4) is 0 Å². The highest BCUT2D eigenvalue weighted by Gasteiger charge is 2.28. The molecule has 0 unspecified atom stereocenters. The third-order valence-corrected chi connectivity index (χ3v) is 2.62. The van der Waals surface area contributed by atoms with E-state index in [4.69, 9.17) is 5.11 Å². The molecule has 0 saturated heterocycles. The lowest BCUT2D eigenvalue weighted by Gasteiger charge is -2.34. The lowest BCUT2D eigenvalue weighted by molar-refractivity contribution is -0.138. The van der Waals surface area contributed by atoms with E-state index < -0.39 is 17.5 Å². The van der Waals surface area contributed by atoms with Gasteiger partial charge in [-0.15, -0.1) is 0 Å². The van der Waals surface area contributed by atoms with E-state index in [2.05, 4.69) is 5.32 Å². The number of carbonyl (C=O) groups is 2. The predicted octanol–water partition coefficient (Wildman–Crippen LogP) is 2.71. The minimum absolute atomic E-state index is 0.332. The number of carboxylic acid groups (broad SMARTS) is 1. The Balaban J connectivity index is 2.86. The third-order valence-electron chi connectivity index (χ3n) is 2.62. The van der Waals surface area contributed by atoms with Gasteiger partial charge in [-0.3, -0.25) is 4.79 Å². The number of anilines is 1. The van der Waals surface area contributed by atoms with Gasteiger partial charge in [0.25, 0.3) is 0 Å². The normalized spacial score (nSPS) is 10.9. The number of hydrogen-bond acceptors (Lipinski definition) is 2. The fourth-order valence-corrected chi connectivity index (χ4v) is 1.66. The van der Waals surface area contributed by atoms with E-state index >= 15 is 0 Å². The SMILES string of the molecule is Cc1cccc(NC(=O)N(CC(=O)O)C(C)(C)C)c1. The first-order chi connectivity index (χ1) is 8.70. The standard InChI is InChI=1S/C14H20N2O3/c1-10-6-5-7-11(8-10)15-13(19)16(9-12(17)18)14(2,3)4/h5-8H,9H2,1-4H3,(H,15,19)(H,17,18). The Morgan fingerprint density at radius 1 is 1.32 bits per heavy atom. The minimum atomic E-state index is -1.03. The molecular formula is C14H20N2O3. The molecule has 0 radical (unpaired) electrons. The number of carboxylic acids is 1. The smallest absolute Gasteiger partial charge is 0.323 e. The number of amides is 2. The van der Waals surface area contributed by atoms with Crippen molar-refractivity contribution in [3.05, 3.63) is 29.8 Å². The van der Waals surface area contributed by atoms with Crippen molar-refractivity contribution in [1.82, 2.24) is 4.90 Å². The number of nitrogens with zero attached hydrogens (tertiary/aromatic N) is 1. The molecule has 1 rings (SSSR count). The van der Waals surface area contributed by atoms with E-state index in [-0.39, 0.29) is 6.54 Å². The van der Waals surface area contributed by atoms with Gasteiger partial charge in [0, 0.05) is 11.2 Å². The minimum Gasteiger partial charge on any atom is -0.480 e. The maximum Gasteiger partial charge on any atom is 0.323 e. The van der Waals surface area contributed by atoms with E-state index in [1.165, 1.54) is 4.90 Å². The Hall–Kier alpha value is -2.04. The van der Waals surface area contributed by atoms with E-state index in [0.717, 1.165) is 5.56 Å². The first-order valence-electron chi connectivity index (χ1n) is 6.07. The van der Waals surface area contributed by atoms with Crippen LogP contribution in [0.2, 0.25) is 0 Å². The molecule has 0 heterocycles. The Kier molecular flexibility index (Phi) is 4.53. The van der Waals surface area contributed by atoms with Gasteiger partial charge in [0.1, 0.15) is 6.54 Å². The zero-order valence-electron chi connectivity index (χ0n) is 11.7. The van der Waals surface area contributed by atoms with Crippen LogP contribution in [0.1, 0.15) is 26.3 Å². The van der Waals surface area contributed by atoms with Crippen LogP contribution < -0.4 is 5.32 Å². The number of nitrogens with one attached hydrogen (secondary N) is 1. The maximum absolute atomic E-state index is 12.2. The lowest BCUT2D eigenvalue weighted by Crippen LogP contribution is -2.50. The molecule has 0 bridgehead atoms. The fraction of sp³-hybridized carbons (Fsp3) is 0.429. The van der Waals surface area contributed by atoms with E-state index in [0.29, 0.717) is 5.69 Å². The average molecular weight is 264 g/mol. The van der Waals surface area contributed by atoms with Crippen LogP contribution in [0, 0.1) is 6.92 Å². The highest BCUT2D eigenvalue weighted by Crippen LogP contribution is 2.16. The second-order valence-corrected chi connectivity index (χ2v) is 5.45. The molecule has 0 fully saturated rings. The van der Waals surface area contributed by atoms with Crippen molar-refractivity contribution in [3.8, 4) is 0 Å². The zero-order valence-corrected chi connectivity index (χ0v) is 11.7. The molecule has 0 aliphatic carbocycles. The number of aliphatic carboxylic acids is 1. The van der Waals surface area contributed by atoms with Gasteiger partial charge >= 0.3 is 12.0 Å². The first kappa shape index (κ1) is 15.0. The molecule has 1 aromatic rings. The second kappa shape index (κ2) is 5.73. The summed E-state index contributed by atoms with van der Waals surface area (Å²) in [7, 11) is 0. The van der Waals surface area contributed by atoms with Crippen molar-refractivity contribution < 1.29 is 14.7 Å². The van der Waals surface area contributed by atoms with Crippen LogP contribution in [-0.4, -0.2) is 34.1 Å². The molecule has 0 atom stereocenters. The van der Waals surface area contributed by atoms with E-state index in [9.17, 15) is 9.59 Å². The Morgan fingerprint density at radius 3 is 2.42 bits per heavy atom. The fourth-order valence-electron chi connectivity index (χ4n) is 1.66. The number of carbonyl (C=O) groups excluding carboxylic acids is 1. The Labute approximate surface area is 113 Å². The molecule has 2 N–H and O–H groups in total. The van der Waals surface area contributed by atoms with Crippen LogP contribution in [-0.2, 0) is 4.79 Å². The summed E-state index contributed by atoms with van der Waals surface area (Å²) in [6.07, 6.45) is 0. The van der Waals surface area contributed by atoms with Crippen molar-refractivity contribution in [2.75, 3.05) is 11.9 Å². The van der Waals surface area contributed by atoms with Crippen LogP contribution in [0.5, 0.6) is 0 Å². The molecule has 5 nitrogen and oxygen atoms in total. The van der Waals surface area contributed by atoms with Crippen molar-refractivity contribution in [3.63, 3.8) is 0 Å².